The van der Waals surface area contributed by atoms with E-state index in [9.17, 15) is 5.11 Å². The molecule has 0 bridgehead atoms. The average Bonchev–Trinajstić information content (AvgIpc) is 2.87. The molecule has 1 aliphatic carbocycles. The molecule has 0 aliphatic heterocycles. The van der Waals surface area contributed by atoms with E-state index in [0.29, 0.717) is 11.9 Å². The molecule has 0 amide bonds. The van der Waals surface area contributed by atoms with E-state index < -0.39 is 0 Å². The van der Waals surface area contributed by atoms with E-state index in [0.717, 1.165) is 19.3 Å². The fourth-order valence-electron chi connectivity index (χ4n) is 2.09. The lowest BCUT2D eigenvalue weighted by Gasteiger charge is -2.40. The van der Waals surface area contributed by atoms with Gasteiger partial charge in [-0.2, -0.15) is 20.1 Å². The molecule has 0 radical (unpaired) electrons. The quantitative estimate of drug-likeness (QED) is 0.707. The number of nitrogen functional groups attached to an aromatic ring is 1. The molecule has 1 aliphatic rings. The third kappa shape index (κ3) is 2.22. The molecule has 0 unspecified atom stereocenters. The lowest BCUT2D eigenvalue weighted by Crippen LogP contribution is -2.48. The number of aliphatic hydroxyl groups excluding tert-OH is 1. The average molecular weight is 261 g/mol. The first-order valence-corrected chi connectivity index (χ1v) is 6.11. The Bertz CT molecular complexity index is 559. The van der Waals surface area contributed by atoms with Crippen molar-refractivity contribution < 1.29 is 5.11 Å². The van der Waals surface area contributed by atoms with Crippen molar-refractivity contribution in [3.05, 3.63) is 18.5 Å². The summed E-state index contributed by atoms with van der Waals surface area (Å²) in [6.45, 7) is 0.0513. The standard InChI is InChI=1S/C11H15N7O/c12-8-14-9(17-11(7-19)3-1-4-11)16-10(15-8)18-6-2-5-13-18/h2,5-6,19H,1,3-4,7H2,(H3,12,14,15,16,17). The fourth-order valence-corrected chi connectivity index (χ4v) is 2.09. The van der Waals surface area contributed by atoms with Gasteiger partial charge in [-0.25, -0.2) is 4.68 Å². The molecule has 0 atom stereocenters. The summed E-state index contributed by atoms with van der Waals surface area (Å²) in [6.07, 6.45) is 6.23. The van der Waals surface area contributed by atoms with Crippen LogP contribution in [0.15, 0.2) is 18.5 Å². The molecule has 8 nitrogen and oxygen atoms in total. The number of hydrogen-bond donors (Lipinski definition) is 3. The second-order valence-electron chi connectivity index (χ2n) is 4.68. The fraction of sp³-hybridized carbons (Fsp3) is 0.455. The maximum Gasteiger partial charge on any atom is 0.257 e. The van der Waals surface area contributed by atoms with E-state index in [-0.39, 0.29) is 18.1 Å². The molecule has 8 heteroatoms. The molecule has 1 fully saturated rings. The normalized spacial score (nSPS) is 16.9. The van der Waals surface area contributed by atoms with Crippen LogP contribution in [0.5, 0.6) is 0 Å². The van der Waals surface area contributed by atoms with Crippen LogP contribution in [-0.2, 0) is 0 Å². The number of hydrogen-bond acceptors (Lipinski definition) is 7. The van der Waals surface area contributed by atoms with E-state index in [2.05, 4.69) is 25.4 Å². The van der Waals surface area contributed by atoms with Gasteiger partial charge in [0.2, 0.25) is 11.9 Å². The number of nitrogens with one attached hydrogen (secondary N) is 1. The molecule has 0 saturated heterocycles. The Morgan fingerprint density at radius 3 is 2.79 bits per heavy atom. The Balaban J connectivity index is 1.90. The zero-order chi connectivity index (χ0) is 13.3. The van der Waals surface area contributed by atoms with Crippen LogP contribution in [0.1, 0.15) is 19.3 Å². The van der Waals surface area contributed by atoms with Gasteiger partial charge in [0.1, 0.15) is 0 Å². The highest BCUT2D eigenvalue weighted by molar-refractivity contribution is 5.38. The van der Waals surface area contributed by atoms with Crippen molar-refractivity contribution in [2.45, 2.75) is 24.8 Å². The van der Waals surface area contributed by atoms with Crippen molar-refractivity contribution in [3.8, 4) is 5.95 Å². The summed E-state index contributed by atoms with van der Waals surface area (Å²) >= 11 is 0. The monoisotopic (exact) mass is 261 g/mol. The van der Waals surface area contributed by atoms with Crippen molar-refractivity contribution in [1.82, 2.24) is 24.7 Å². The summed E-state index contributed by atoms with van der Waals surface area (Å²) < 4.78 is 1.51. The van der Waals surface area contributed by atoms with Crippen LogP contribution in [-0.4, -0.2) is 42.0 Å². The van der Waals surface area contributed by atoms with E-state index in [1.165, 1.54) is 4.68 Å². The molecule has 2 aromatic rings. The highest BCUT2D eigenvalue weighted by Crippen LogP contribution is 2.34. The number of nitrogens with two attached hydrogens (primary N) is 1. The summed E-state index contributed by atoms with van der Waals surface area (Å²) in [6, 6.07) is 1.77. The van der Waals surface area contributed by atoms with Crippen LogP contribution >= 0.6 is 0 Å². The Hall–Kier alpha value is -2.22. The van der Waals surface area contributed by atoms with Gasteiger partial charge in [-0.3, -0.25) is 0 Å². The highest BCUT2D eigenvalue weighted by atomic mass is 16.3. The number of aromatic nitrogens is 5. The smallest absolute Gasteiger partial charge is 0.257 e. The minimum atomic E-state index is -0.324. The minimum Gasteiger partial charge on any atom is -0.394 e. The minimum absolute atomic E-state index is 0.0513. The molecule has 0 spiro atoms. The Morgan fingerprint density at radius 2 is 2.21 bits per heavy atom. The van der Waals surface area contributed by atoms with E-state index >= 15 is 0 Å². The molecule has 4 N–H and O–H groups in total. The lowest BCUT2D eigenvalue weighted by atomic mass is 9.77. The third-order valence-electron chi connectivity index (χ3n) is 3.34. The number of nitrogens with zero attached hydrogens (tertiary/aromatic N) is 5. The van der Waals surface area contributed by atoms with Crippen LogP contribution in [0.25, 0.3) is 5.95 Å². The van der Waals surface area contributed by atoms with E-state index in [4.69, 9.17) is 5.73 Å². The van der Waals surface area contributed by atoms with Gasteiger partial charge in [0.05, 0.1) is 12.1 Å². The Kier molecular flexibility index (Phi) is 2.79. The number of rotatable bonds is 4. The predicted octanol–water partition coefficient (Wildman–Crippen LogP) is -0.0336. The molecule has 0 aromatic carbocycles. The van der Waals surface area contributed by atoms with Gasteiger partial charge >= 0.3 is 0 Å². The van der Waals surface area contributed by atoms with Crippen LogP contribution in [0.2, 0.25) is 0 Å². The third-order valence-corrected chi connectivity index (χ3v) is 3.34. The van der Waals surface area contributed by atoms with Crippen molar-refractivity contribution in [2.24, 2.45) is 0 Å². The van der Waals surface area contributed by atoms with Gasteiger partial charge < -0.3 is 16.2 Å². The molecule has 2 aromatic heterocycles. The van der Waals surface area contributed by atoms with Gasteiger partial charge in [0, 0.05) is 12.4 Å². The maximum absolute atomic E-state index is 9.44. The predicted molar refractivity (Wildman–Crippen MR) is 68.7 cm³/mol. The summed E-state index contributed by atoms with van der Waals surface area (Å²) in [5, 5.41) is 16.6. The van der Waals surface area contributed by atoms with Gasteiger partial charge in [-0.05, 0) is 25.3 Å². The first-order chi connectivity index (χ1) is 9.21. The lowest BCUT2D eigenvalue weighted by molar-refractivity contribution is 0.143. The number of anilines is 2. The van der Waals surface area contributed by atoms with Crippen LogP contribution < -0.4 is 11.1 Å². The molecule has 3 rings (SSSR count). The first kappa shape index (κ1) is 11.8. The highest BCUT2D eigenvalue weighted by Gasteiger charge is 2.37. The Morgan fingerprint density at radius 1 is 1.37 bits per heavy atom. The molecule has 100 valence electrons. The maximum atomic E-state index is 9.44. The van der Waals surface area contributed by atoms with Crippen molar-refractivity contribution in [1.29, 1.82) is 0 Å². The summed E-state index contributed by atoms with van der Waals surface area (Å²) in [5.74, 6) is 0.842. The summed E-state index contributed by atoms with van der Waals surface area (Å²) in [5.41, 5.74) is 5.36. The SMILES string of the molecule is Nc1nc(NC2(CO)CCC2)nc(-n2cccn2)n1. The van der Waals surface area contributed by atoms with Crippen molar-refractivity contribution >= 4 is 11.9 Å². The van der Waals surface area contributed by atoms with Crippen molar-refractivity contribution in [2.75, 3.05) is 17.7 Å². The summed E-state index contributed by atoms with van der Waals surface area (Å²) in [7, 11) is 0. The Labute approximate surface area is 109 Å². The molecular weight excluding hydrogens is 246 g/mol. The summed E-state index contributed by atoms with van der Waals surface area (Å²) in [4.78, 5) is 12.3. The molecule has 1 saturated carbocycles. The van der Waals surface area contributed by atoms with Crippen molar-refractivity contribution in [3.63, 3.8) is 0 Å². The van der Waals surface area contributed by atoms with Gasteiger partial charge in [0.15, 0.2) is 0 Å². The van der Waals surface area contributed by atoms with Crippen LogP contribution in [0.4, 0.5) is 11.9 Å². The number of aliphatic hydroxyl groups is 1. The van der Waals surface area contributed by atoms with Crippen LogP contribution in [0.3, 0.4) is 0 Å². The van der Waals surface area contributed by atoms with E-state index in [1.54, 1.807) is 18.5 Å². The molecule has 2 heterocycles. The largest absolute Gasteiger partial charge is 0.394 e. The molecular formula is C11H15N7O. The second-order valence-corrected chi connectivity index (χ2v) is 4.68. The zero-order valence-corrected chi connectivity index (χ0v) is 10.3. The topological polar surface area (TPSA) is 115 Å². The molecule has 19 heavy (non-hydrogen) atoms. The van der Waals surface area contributed by atoms with Gasteiger partial charge in [0.25, 0.3) is 5.95 Å². The second kappa shape index (κ2) is 4.47. The van der Waals surface area contributed by atoms with E-state index in [1.807, 2.05) is 0 Å². The van der Waals surface area contributed by atoms with Gasteiger partial charge in [-0.1, -0.05) is 0 Å². The van der Waals surface area contributed by atoms with Crippen LogP contribution in [0, 0.1) is 0 Å². The first-order valence-electron chi connectivity index (χ1n) is 6.11. The van der Waals surface area contributed by atoms with Gasteiger partial charge in [-0.15, -0.1) is 0 Å². The zero-order valence-electron chi connectivity index (χ0n) is 10.3.